The third kappa shape index (κ3) is 4.53. The molecule has 0 saturated carbocycles. The number of nitrogens with zero attached hydrogens (tertiary/aromatic N) is 1. The third-order valence-corrected chi connectivity index (χ3v) is 6.42. The maximum Gasteiger partial charge on any atom is 0.254 e. The summed E-state index contributed by atoms with van der Waals surface area (Å²) in [6.45, 7) is 0. The van der Waals surface area contributed by atoms with Crippen LogP contribution in [0.2, 0.25) is 0 Å². The Kier molecular flexibility index (Phi) is 6.41. The quantitative estimate of drug-likeness (QED) is 0.367. The van der Waals surface area contributed by atoms with Gasteiger partial charge in [-0.25, -0.2) is 0 Å². The molecule has 4 aromatic rings. The SMILES string of the molecule is COc1ccc([C@@H]2[C@H](C(=O)Nc3ccc(Oc4ccccc4)cc3)c3ccccc3C(=O)N2C)cc1. The van der Waals surface area contributed by atoms with E-state index in [1.807, 2.05) is 97.1 Å². The van der Waals surface area contributed by atoms with Gasteiger partial charge in [0.2, 0.25) is 5.91 Å². The number of para-hydroxylation sites is 1. The Bertz CT molecular complexity index is 1370. The van der Waals surface area contributed by atoms with E-state index in [2.05, 4.69) is 5.32 Å². The minimum atomic E-state index is -0.599. The van der Waals surface area contributed by atoms with Crippen LogP contribution in [0.5, 0.6) is 17.2 Å². The molecule has 36 heavy (non-hydrogen) atoms. The Morgan fingerprint density at radius 3 is 2.08 bits per heavy atom. The molecule has 0 radical (unpaired) electrons. The zero-order valence-electron chi connectivity index (χ0n) is 20.0. The predicted octanol–water partition coefficient (Wildman–Crippen LogP) is 6.04. The van der Waals surface area contributed by atoms with Gasteiger partial charge < -0.3 is 19.7 Å². The van der Waals surface area contributed by atoms with E-state index in [1.54, 1.807) is 25.1 Å². The molecule has 1 aliphatic rings. The summed E-state index contributed by atoms with van der Waals surface area (Å²) in [5.74, 6) is 1.21. The Morgan fingerprint density at radius 1 is 0.778 bits per heavy atom. The maximum absolute atomic E-state index is 13.8. The molecule has 0 aliphatic carbocycles. The topological polar surface area (TPSA) is 67.9 Å². The van der Waals surface area contributed by atoms with Gasteiger partial charge >= 0.3 is 0 Å². The van der Waals surface area contributed by atoms with Gasteiger partial charge in [-0.2, -0.15) is 0 Å². The molecule has 1 aliphatic heterocycles. The fraction of sp³-hybridized carbons (Fsp3) is 0.133. The van der Waals surface area contributed by atoms with Crippen molar-refractivity contribution in [2.75, 3.05) is 19.5 Å². The van der Waals surface area contributed by atoms with Crippen molar-refractivity contribution in [2.45, 2.75) is 12.0 Å². The molecule has 1 N–H and O–H groups in total. The number of fused-ring (bicyclic) bond motifs is 1. The zero-order chi connectivity index (χ0) is 25.1. The first-order valence-electron chi connectivity index (χ1n) is 11.7. The summed E-state index contributed by atoms with van der Waals surface area (Å²) in [4.78, 5) is 28.6. The van der Waals surface area contributed by atoms with Gasteiger partial charge in [0, 0.05) is 18.3 Å². The fourth-order valence-corrected chi connectivity index (χ4v) is 4.63. The van der Waals surface area contributed by atoms with Gasteiger partial charge in [-0.3, -0.25) is 9.59 Å². The van der Waals surface area contributed by atoms with Crippen molar-refractivity contribution < 1.29 is 19.1 Å². The molecule has 0 bridgehead atoms. The van der Waals surface area contributed by atoms with Crippen LogP contribution in [0.4, 0.5) is 5.69 Å². The van der Waals surface area contributed by atoms with Crippen LogP contribution < -0.4 is 14.8 Å². The van der Waals surface area contributed by atoms with Crippen molar-refractivity contribution in [3.8, 4) is 17.2 Å². The number of benzene rings is 4. The lowest BCUT2D eigenvalue weighted by Gasteiger charge is -2.39. The Balaban J connectivity index is 1.44. The van der Waals surface area contributed by atoms with Crippen LogP contribution in [-0.4, -0.2) is 30.9 Å². The van der Waals surface area contributed by atoms with Crippen molar-refractivity contribution in [2.24, 2.45) is 0 Å². The number of rotatable bonds is 6. The Labute approximate surface area is 210 Å². The predicted molar refractivity (Wildman–Crippen MR) is 139 cm³/mol. The smallest absolute Gasteiger partial charge is 0.254 e. The summed E-state index contributed by atoms with van der Waals surface area (Å²) < 4.78 is 11.1. The molecule has 2 amide bonds. The number of carbonyl (C=O) groups is 2. The van der Waals surface area contributed by atoms with Gasteiger partial charge in [0.25, 0.3) is 5.91 Å². The highest BCUT2D eigenvalue weighted by molar-refractivity contribution is 6.04. The highest BCUT2D eigenvalue weighted by Gasteiger charge is 2.42. The lowest BCUT2D eigenvalue weighted by molar-refractivity contribution is -0.119. The molecule has 0 saturated heterocycles. The summed E-state index contributed by atoms with van der Waals surface area (Å²) in [5.41, 5.74) is 2.75. The van der Waals surface area contributed by atoms with E-state index in [4.69, 9.17) is 9.47 Å². The summed E-state index contributed by atoms with van der Waals surface area (Å²) in [6, 6.07) is 31.1. The highest BCUT2D eigenvalue weighted by Crippen LogP contribution is 2.43. The van der Waals surface area contributed by atoms with Gasteiger partial charge in [-0.1, -0.05) is 48.5 Å². The lowest BCUT2D eigenvalue weighted by atomic mass is 9.79. The van der Waals surface area contributed by atoms with Crippen LogP contribution in [0.1, 0.15) is 33.4 Å². The highest BCUT2D eigenvalue weighted by atomic mass is 16.5. The number of ether oxygens (including phenoxy) is 2. The molecule has 6 nitrogen and oxygen atoms in total. The molecule has 6 heteroatoms. The van der Waals surface area contributed by atoms with E-state index in [-0.39, 0.29) is 11.8 Å². The monoisotopic (exact) mass is 478 g/mol. The second-order valence-corrected chi connectivity index (χ2v) is 8.63. The summed E-state index contributed by atoms with van der Waals surface area (Å²) >= 11 is 0. The number of likely N-dealkylation sites (N-methyl/N-ethyl adjacent to an activating group) is 1. The van der Waals surface area contributed by atoms with Crippen molar-refractivity contribution in [3.63, 3.8) is 0 Å². The Morgan fingerprint density at radius 2 is 1.39 bits per heavy atom. The van der Waals surface area contributed by atoms with E-state index in [1.165, 1.54) is 0 Å². The van der Waals surface area contributed by atoms with Gasteiger partial charge in [0.05, 0.1) is 19.1 Å². The largest absolute Gasteiger partial charge is 0.497 e. The first-order chi connectivity index (χ1) is 17.5. The second kappa shape index (κ2) is 9.96. The average molecular weight is 479 g/mol. The number of hydrogen-bond acceptors (Lipinski definition) is 4. The van der Waals surface area contributed by atoms with Crippen molar-refractivity contribution in [3.05, 3.63) is 120 Å². The van der Waals surface area contributed by atoms with Crippen molar-refractivity contribution >= 4 is 17.5 Å². The van der Waals surface area contributed by atoms with E-state index < -0.39 is 12.0 Å². The standard InChI is InChI=1S/C30H26N2O4/c1-32-28(20-12-16-22(35-2)17-13-20)27(25-10-6-7-11-26(25)30(32)34)29(33)31-21-14-18-24(19-15-21)36-23-8-4-3-5-9-23/h3-19,27-28H,1-2H3,(H,31,33)/t27-,28-/m1/s1. The van der Waals surface area contributed by atoms with Crippen LogP contribution in [0.25, 0.3) is 0 Å². The number of carbonyl (C=O) groups excluding carboxylic acids is 2. The molecule has 1 heterocycles. The minimum absolute atomic E-state index is 0.113. The number of hydrogen-bond donors (Lipinski definition) is 1. The maximum atomic E-state index is 13.8. The molecule has 4 aromatic carbocycles. The van der Waals surface area contributed by atoms with Gasteiger partial charge in [0.1, 0.15) is 17.2 Å². The molecule has 2 atom stereocenters. The van der Waals surface area contributed by atoms with E-state index in [0.717, 1.165) is 11.3 Å². The fourth-order valence-electron chi connectivity index (χ4n) is 4.63. The summed E-state index contributed by atoms with van der Waals surface area (Å²) in [5, 5.41) is 3.04. The van der Waals surface area contributed by atoms with E-state index in [0.29, 0.717) is 28.3 Å². The van der Waals surface area contributed by atoms with Crippen LogP contribution in [0.3, 0.4) is 0 Å². The van der Waals surface area contributed by atoms with Crippen LogP contribution in [-0.2, 0) is 4.79 Å². The summed E-state index contributed by atoms with van der Waals surface area (Å²) in [7, 11) is 3.34. The van der Waals surface area contributed by atoms with E-state index in [9.17, 15) is 9.59 Å². The zero-order valence-corrected chi connectivity index (χ0v) is 20.0. The number of methoxy groups -OCH3 is 1. The molecular weight excluding hydrogens is 452 g/mol. The Hall–Kier alpha value is -4.58. The average Bonchev–Trinajstić information content (AvgIpc) is 2.92. The number of amides is 2. The molecule has 0 spiro atoms. The van der Waals surface area contributed by atoms with Crippen LogP contribution in [0.15, 0.2) is 103 Å². The second-order valence-electron chi connectivity index (χ2n) is 8.63. The number of anilines is 1. The van der Waals surface area contributed by atoms with Crippen LogP contribution in [0, 0.1) is 0 Å². The van der Waals surface area contributed by atoms with Crippen molar-refractivity contribution in [1.82, 2.24) is 4.90 Å². The van der Waals surface area contributed by atoms with Gasteiger partial charge in [0.15, 0.2) is 0 Å². The minimum Gasteiger partial charge on any atom is -0.497 e. The molecule has 5 rings (SSSR count). The van der Waals surface area contributed by atoms with Gasteiger partial charge in [-0.15, -0.1) is 0 Å². The number of nitrogens with one attached hydrogen (secondary N) is 1. The third-order valence-electron chi connectivity index (χ3n) is 6.42. The molecular formula is C30H26N2O4. The first-order valence-corrected chi connectivity index (χ1v) is 11.7. The molecule has 0 unspecified atom stereocenters. The summed E-state index contributed by atoms with van der Waals surface area (Å²) in [6.07, 6.45) is 0. The molecule has 180 valence electrons. The normalized spacial score (nSPS) is 16.7. The lowest BCUT2D eigenvalue weighted by Crippen LogP contribution is -2.44. The molecule has 0 fully saturated rings. The van der Waals surface area contributed by atoms with Crippen molar-refractivity contribution in [1.29, 1.82) is 0 Å². The van der Waals surface area contributed by atoms with Crippen LogP contribution >= 0.6 is 0 Å². The first kappa shape index (κ1) is 23.2. The van der Waals surface area contributed by atoms with E-state index >= 15 is 0 Å². The van der Waals surface area contributed by atoms with Gasteiger partial charge in [-0.05, 0) is 65.7 Å². The molecule has 0 aromatic heterocycles.